The Kier molecular flexibility index (Phi) is 53.8. The number of hydrogen-bond acceptors (Lipinski definition) is 3. The number of rotatable bonds is 10. The Morgan fingerprint density at radius 3 is 1.07 bits per heavy atom. The van der Waals surface area contributed by atoms with Crippen molar-refractivity contribution in [1.29, 1.82) is 0 Å². The van der Waals surface area contributed by atoms with E-state index in [1.165, 1.54) is 38.5 Å². The van der Waals surface area contributed by atoms with Gasteiger partial charge in [-0.25, -0.2) is 0 Å². The zero-order chi connectivity index (χ0) is 23.2. The third-order valence-corrected chi connectivity index (χ3v) is 2.93. The lowest BCUT2D eigenvalue weighted by atomic mass is 10.1. The van der Waals surface area contributed by atoms with Gasteiger partial charge in [0.1, 0.15) is 5.78 Å². The number of carboxylic acids is 2. The standard InChI is InChI=1S/C8H16O.C5H12.C4H8O2.C3H6O2.C3H8/c1-3-5-6-7-8(9)4-2;1-3-5-4-2;1-2-3-4(5)6;1-2-3(4)5;1-3-2/h3-7H2,1-2H3;3-5H2,1-2H3;2-3H2,1H3,(H,5,6);2H2,1H3,(H,4,5);3H2,1-2H3. The highest BCUT2D eigenvalue weighted by Crippen LogP contribution is 2.00. The van der Waals surface area contributed by atoms with Crippen LogP contribution in [0.2, 0.25) is 0 Å². The molecule has 0 amide bonds. The van der Waals surface area contributed by atoms with E-state index in [1.807, 2.05) is 13.8 Å². The van der Waals surface area contributed by atoms with E-state index < -0.39 is 11.9 Å². The van der Waals surface area contributed by atoms with Crippen LogP contribution in [0.3, 0.4) is 0 Å². The van der Waals surface area contributed by atoms with E-state index >= 15 is 0 Å². The van der Waals surface area contributed by atoms with Crippen molar-refractivity contribution in [2.75, 3.05) is 0 Å². The van der Waals surface area contributed by atoms with Gasteiger partial charge in [-0.1, -0.05) is 93.9 Å². The van der Waals surface area contributed by atoms with Crippen LogP contribution in [0.4, 0.5) is 0 Å². The van der Waals surface area contributed by atoms with Gasteiger partial charge in [-0.05, 0) is 12.8 Å². The van der Waals surface area contributed by atoms with Gasteiger partial charge >= 0.3 is 11.9 Å². The first-order valence-corrected chi connectivity index (χ1v) is 11.1. The molecule has 0 unspecified atom stereocenters. The van der Waals surface area contributed by atoms with Crippen molar-refractivity contribution in [2.45, 2.75) is 132 Å². The number of carboxylic acid groups (broad SMARTS) is 2. The molecule has 0 aromatic carbocycles. The molecule has 0 aromatic rings. The van der Waals surface area contributed by atoms with Crippen LogP contribution in [-0.4, -0.2) is 27.9 Å². The van der Waals surface area contributed by atoms with Crippen molar-refractivity contribution in [3.8, 4) is 0 Å². The molecule has 5 heteroatoms. The fourth-order valence-corrected chi connectivity index (χ4v) is 1.32. The lowest BCUT2D eigenvalue weighted by Gasteiger charge is -1.93. The van der Waals surface area contributed by atoms with Gasteiger partial charge in [-0.15, -0.1) is 0 Å². The molecule has 0 bridgehead atoms. The Bertz CT molecular complexity index is 299. The maximum absolute atomic E-state index is 10.7. The molecule has 0 saturated carbocycles. The van der Waals surface area contributed by atoms with Crippen LogP contribution in [0.25, 0.3) is 0 Å². The smallest absolute Gasteiger partial charge is 0.303 e. The first-order chi connectivity index (χ1) is 13.2. The van der Waals surface area contributed by atoms with E-state index in [9.17, 15) is 14.4 Å². The highest BCUT2D eigenvalue weighted by molar-refractivity contribution is 5.77. The molecule has 0 rings (SSSR count). The third kappa shape index (κ3) is 86.3. The molecule has 172 valence electrons. The first kappa shape index (κ1) is 37.4. The van der Waals surface area contributed by atoms with Gasteiger partial charge in [0, 0.05) is 25.7 Å². The van der Waals surface area contributed by atoms with E-state index in [-0.39, 0.29) is 6.42 Å². The normalized spacial score (nSPS) is 8.29. The topological polar surface area (TPSA) is 91.7 Å². The van der Waals surface area contributed by atoms with Crippen LogP contribution < -0.4 is 0 Å². The number of aliphatic carboxylic acids is 2. The molecule has 0 radical (unpaired) electrons. The number of Topliss-reactive ketones (excluding diaryl/α,β-unsaturated/α-hetero) is 1. The summed E-state index contributed by atoms with van der Waals surface area (Å²) in [6, 6.07) is 0. The second-order valence-electron chi connectivity index (χ2n) is 6.30. The Morgan fingerprint density at radius 1 is 0.536 bits per heavy atom. The summed E-state index contributed by atoms with van der Waals surface area (Å²) in [7, 11) is 0. The summed E-state index contributed by atoms with van der Waals surface area (Å²) in [4.78, 5) is 29.7. The molecule has 0 saturated heterocycles. The van der Waals surface area contributed by atoms with E-state index in [1.54, 1.807) is 6.92 Å². The van der Waals surface area contributed by atoms with Gasteiger partial charge in [-0.3, -0.25) is 14.4 Å². The van der Waals surface area contributed by atoms with Crippen LogP contribution in [0.15, 0.2) is 0 Å². The Labute approximate surface area is 175 Å². The van der Waals surface area contributed by atoms with Gasteiger partial charge in [0.05, 0.1) is 0 Å². The summed E-state index contributed by atoms with van der Waals surface area (Å²) in [5.41, 5.74) is 0. The fraction of sp³-hybridized carbons (Fsp3) is 0.870. The zero-order valence-corrected chi connectivity index (χ0v) is 20.1. The van der Waals surface area contributed by atoms with Gasteiger partial charge in [0.15, 0.2) is 0 Å². The quantitative estimate of drug-likeness (QED) is 0.366. The average Bonchev–Trinajstić information content (AvgIpc) is 2.64. The Hall–Kier alpha value is -1.39. The number of carbonyl (C=O) groups is 3. The Morgan fingerprint density at radius 2 is 0.929 bits per heavy atom. The van der Waals surface area contributed by atoms with Crippen molar-refractivity contribution in [3.05, 3.63) is 0 Å². The molecule has 0 aliphatic rings. The lowest BCUT2D eigenvalue weighted by molar-refractivity contribution is -0.137. The number of hydrogen-bond donors (Lipinski definition) is 2. The SMILES string of the molecule is CCC.CCC(=O)O.CCCC(=O)O.CCCCC.CCCCCC(=O)CC. The molecule has 0 fully saturated rings. The van der Waals surface area contributed by atoms with Crippen molar-refractivity contribution >= 4 is 17.7 Å². The van der Waals surface area contributed by atoms with Crippen LogP contribution in [0.5, 0.6) is 0 Å². The minimum atomic E-state index is -0.745. The first-order valence-electron chi connectivity index (χ1n) is 11.1. The average molecular weight is 407 g/mol. The summed E-state index contributed by atoms with van der Waals surface area (Å²) < 4.78 is 0. The molecule has 0 spiro atoms. The van der Waals surface area contributed by atoms with Gasteiger partial charge in [-0.2, -0.15) is 0 Å². The number of carbonyl (C=O) groups excluding carboxylic acids is 1. The molecule has 0 aromatic heterocycles. The fourth-order valence-electron chi connectivity index (χ4n) is 1.32. The van der Waals surface area contributed by atoms with Crippen molar-refractivity contribution in [1.82, 2.24) is 0 Å². The lowest BCUT2D eigenvalue weighted by Crippen LogP contribution is -1.93. The second kappa shape index (κ2) is 40.3. The molecule has 28 heavy (non-hydrogen) atoms. The molecule has 0 heterocycles. The zero-order valence-electron chi connectivity index (χ0n) is 20.1. The van der Waals surface area contributed by atoms with E-state index in [4.69, 9.17) is 10.2 Å². The van der Waals surface area contributed by atoms with Crippen molar-refractivity contribution in [2.24, 2.45) is 0 Å². The van der Waals surface area contributed by atoms with E-state index in [0.29, 0.717) is 18.6 Å². The van der Waals surface area contributed by atoms with Crippen LogP contribution in [0, 0.1) is 0 Å². The molecule has 0 aliphatic carbocycles. The molecular formula is C23H50O5. The second-order valence-corrected chi connectivity index (χ2v) is 6.30. The maximum Gasteiger partial charge on any atom is 0.303 e. The summed E-state index contributed by atoms with van der Waals surface area (Å²) in [6.07, 6.45) is 11.6. The minimum Gasteiger partial charge on any atom is -0.481 e. The maximum atomic E-state index is 10.7. The summed E-state index contributed by atoms with van der Waals surface area (Å²) in [5.74, 6) is -1.05. The van der Waals surface area contributed by atoms with Crippen molar-refractivity contribution in [3.63, 3.8) is 0 Å². The largest absolute Gasteiger partial charge is 0.481 e. The van der Waals surface area contributed by atoms with Gasteiger partial charge in [0.2, 0.25) is 0 Å². The molecular weight excluding hydrogens is 356 g/mol. The molecule has 5 nitrogen and oxygen atoms in total. The summed E-state index contributed by atoms with van der Waals surface area (Å²) >= 11 is 0. The summed E-state index contributed by atoms with van der Waals surface area (Å²) in [6.45, 7) is 16.2. The van der Waals surface area contributed by atoms with E-state index in [2.05, 4.69) is 34.6 Å². The minimum absolute atomic E-state index is 0.222. The Balaban J connectivity index is -0.0000000825. The number of unbranched alkanes of at least 4 members (excludes halogenated alkanes) is 4. The van der Waals surface area contributed by atoms with Gasteiger partial charge < -0.3 is 10.2 Å². The van der Waals surface area contributed by atoms with Crippen LogP contribution in [0.1, 0.15) is 132 Å². The number of ketones is 1. The van der Waals surface area contributed by atoms with Crippen LogP contribution in [-0.2, 0) is 14.4 Å². The van der Waals surface area contributed by atoms with E-state index in [0.717, 1.165) is 19.3 Å². The van der Waals surface area contributed by atoms with Gasteiger partial charge in [0.25, 0.3) is 0 Å². The molecule has 2 N–H and O–H groups in total. The van der Waals surface area contributed by atoms with Crippen molar-refractivity contribution < 1.29 is 24.6 Å². The van der Waals surface area contributed by atoms with Crippen LogP contribution >= 0.6 is 0 Å². The highest BCUT2D eigenvalue weighted by atomic mass is 16.4. The monoisotopic (exact) mass is 406 g/mol. The molecule has 0 atom stereocenters. The summed E-state index contributed by atoms with van der Waals surface area (Å²) in [5, 5.41) is 15.6. The third-order valence-electron chi connectivity index (χ3n) is 2.93. The highest BCUT2D eigenvalue weighted by Gasteiger charge is 1.95. The molecule has 0 aliphatic heterocycles. The predicted octanol–water partition coefficient (Wildman–Crippen LogP) is 7.51. The predicted molar refractivity (Wildman–Crippen MR) is 121 cm³/mol.